The Balaban J connectivity index is 2.01. The Bertz CT molecular complexity index is 1060. The molecule has 0 radical (unpaired) electrons. The van der Waals surface area contributed by atoms with Crippen LogP contribution in [0.4, 0.5) is 0 Å². The van der Waals surface area contributed by atoms with Gasteiger partial charge < -0.3 is 4.74 Å². The van der Waals surface area contributed by atoms with Crippen LogP contribution in [0.15, 0.2) is 29.1 Å². The first-order valence-electron chi connectivity index (χ1n) is 8.77. The van der Waals surface area contributed by atoms with E-state index >= 15 is 0 Å². The summed E-state index contributed by atoms with van der Waals surface area (Å²) in [5.74, 6) is 0.0708. The van der Waals surface area contributed by atoms with Crippen molar-refractivity contribution in [2.24, 2.45) is 0 Å². The molecule has 0 amide bonds. The Hall–Kier alpha value is -2.47. The molecular formula is C20H20N2O3S. The molecule has 0 aliphatic heterocycles. The van der Waals surface area contributed by atoms with Gasteiger partial charge in [0.25, 0.3) is 5.56 Å². The maximum atomic E-state index is 13.3. The maximum Gasteiger partial charge on any atom is 0.325 e. The van der Waals surface area contributed by atoms with E-state index in [0.717, 1.165) is 47.2 Å². The molecule has 0 spiro atoms. The Morgan fingerprint density at radius 1 is 1.31 bits per heavy atom. The third-order valence-corrected chi connectivity index (χ3v) is 6.05. The number of rotatable bonds is 3. The highest BCUT2D eigenvalue weighted by molar-refractivity contribution is 7.18. The normalized spacial score (nSPS) is 13.6. The molecule has 0 N–H and O–H groups in total. The molecule has 5 nitrogen and oxygen atoms in total. The average molecular weight is 368 g/mol. The number of carbonyl (C=O) groups is 1. The minimum absolute atomic E-state index is 0.133. The van der Waals surface area contributed by atoms with E-state index in [9.17, 15) is 9.59 Å². The largest absolute Gasteiger partial charge is 0.468 e. The maximum absolute atomic E-state index is 13.3. The van der Waals surface area contributed by atoms with E-state index in [0.29, 0.717) is 11.2 Å². The number of ether oxygens (including phenoxy) is 1. The van der Waals surface area contributed by atoms with Crippen LogP contribution in [0, 0.1) is 6.92 Å². The summed E-state index contributed by atoms with van der Waals surface area (Å²) in [6.07, 6.45) is 4.16. The van der Waals surface area contributed by atoms with E-state index in [4.69, 9.17) is 9.72 Å². The predicted octanol–water partition coefficient (Wildman–Crippen LogP) is 3.49. The van der Waals surface area contributed by atoms with Crippen molar-refractivity contribution in [2.75, 3.05) is 7.11 Å². The fourth-order valence-corrected chi connectivity index (χ4v) is 4.84. The second-order valence-electron chi connectivity index (χ2n) is 6.66. The molecule has 6 heteroatoms. The number of hydrogen-bond acceptors (Lipinski definition) is 5. The molecule has 0 bridgehead atoms. The lowest BCUT2D eigenvalue weighted by atomic mass is 9.97. The number of esters is 1. The van der Waals surface area contributed by atoms with Crippen LogP contribution in [0.1, 0.15) is 28.8 Å². The highest BCUT2D eigenvalue weighted by atomic mass is 32.1. The number of benzene rings is 1. The van der Waals surface area contributed by atoms with Crippen molar-refractivity contribution in [1.82, 2.24) is 9.55 Å². The van der Waals surface area contributed by atoms with Crippen molar-refractivity contribution < 1.29 is 9.53 Å². The lowest BCUT2D eigenvalue weighted by Crippen LogP contribution is -2.28. The van der Waals surface area contributed by atoms with Gasteiger partial charge in [0.1, 0.15) is 17.2 Å². The molecule has 0 saturated heterocycles. The monoisotopic (exact) mass is 368 g/mol. The summed E-state index contributed by atoms with van der Waals surface area (Å²) >= 11 is 1.62. The molecule has 4 rings (SSSR count). The number of carbonyl (C=O) groups excluding carboxylic acids is 1. The SMILES string of the molecule is COC(=O)Cn1c(-c2cccc(C)c2)nc2sc3c(c2c1=O)CCCC3. The minimum Gasteiger partial charge on any atom is -0.468 e. The quantitative estimate of drug-likeness (QED) is 0.664. The summed E-state index contributed by atoms with van der Waals surface area (Å²) in [5.41, 5.74) is 2.89. The predicted molar refractivity (Wildman–Crippen MR) is 103 cm³/mol. The van der Waals surface area contributed by atoms with Crippen LogP contribution in [0.2, 0.25) is 0 Å². The van der Waals surface area contributed by atoms with Crippen molar-refractivity contribution in [3.8, 4) is 11.4 Å². The summed E-state index contributed by atoms with van der Waals surface area (Å²) in [6, 6.07) is 7.83. The molecule has 134 valence electrons. The number of fused-ring (bicyclic) bond motifs is 3. The highest BCUT2D eigenvalue weighted by Gasteiger charge is 2.23. The Labute approximate surface area is 155 Å². The molecule has 26 heavy (non-hydrogen) atoms. The number of nitrogens with zero attached hydrogens (tertiary/aromatic N) is 2. The molecule has 0 fully saturated rings. The second-order valence-corrected chi connectivity index (χ2v) is 7.75. The summed E-state index contributed by atoms with van der Waals surface area (Å²) in [7, 11) is 1.33. The van der Waals surface area contributed by atoms with Crippen LogP contribution in [0.3, 0.4) is 0 Å². The van der Waals surface area contributed by atoms with Gasteiger partial charge in [-0.05, 0) is 44.2 Å². The van der Waals surface area contributed by atoms with Crippen LogP contribution >= 0.6 is 11.3 Å². The molecule has 1 aliphatic rings. The van der Waals surface area contributed by atoms with Gasteiger partial charge in [0, 0.05) is 10.4 Å². The smallest absolute Gasteiger partial charge is 0.325 e. The third kappa shape index (κ3) is 2.84. The van der Waals surface area contributed by atoms with Gasteiger partial charge in [-0.25, -0.2) is 4.98 Å². The van der Waals surface area contributed by atoms with E-state index < -0.39 is 5.97 Å². The van der Waals surface area contributed by atoms with Gasteiger partial charge in [-0.15, -0.1) is 11.3 Å². The summed E-state index contributed by atoms with van der Waals surface area (Å²) in [6.45, 7) is 1.86. The van der Waals surface area contributed by atoms with Crippen LogP contribution in [-0.2, 0) is 28.9 Å². The molecule has 0 atom stereocenters. The van der Waals surface area contributed by atoms with E-state index in [1.54, 1.807) is 11.3 Å². The lowest BCUT2D eigenvalue weighted by Gasteiger charge is -2.13. The van der Waals surface area contributed by atoms with Gasteiger partial charge in [-0.3, -0.25) is 14.2 Å². The molecule has 1 aliphatic carbocycles. The van der Waals surface area contributed by atoms with E-state index in [1.165, 1.54) is 16.6 Å². The summed E-state index contributed by atoms with van der Waals surface area (Å²) in [4.78, 5) is 32.1. The molecule has 2 aromatic heterocycles. The highest BCUT2D eigenvalue weighted by Crippen LogP contribution is 2.34. The lowest BCUT2D eigenvalue weighted by molar-refractivity contribution is -0.141. The molecule has 2 heterocycles. The first-order valence-corrected chi connectivity index (χ1v) is 9.59. The van der Waals surface area contributed by atoms with Crippen molar-refractivity contribution in [1.29, 1.82) is 0 Å². The summed E-state index contributed by atoms with van der Waals surface area (Å²) < 4.78 is 6.27. The minimum atomic E-state index is -0.453. The van der Waals surface area contributed by atoms with Crippen LogP contribution < -0.4 is 5.56 Å². The number of methoxy groups -OCH3 is 1. The molecular weight excluding hydrogens is 348 g/mol. The van der Waals surface area contributed by atoms with Gasteiger partial charge in [0.15, 0.2) is 0 Å². The molecule has 0 saturated carbocycles. The fourth-order valence-electron chi connectivity index (χ4n) is 3.58. The molecule has 1 aromatic carbocycles. The van der Waals surface area contributed by atoms with Crippen LogP contribution in [-0.4, -0.2) is 22.6 Å². The molecule has 0 unspecified atom stereocenters. The number of thiophene rings is 1. The zero-order valence-corrected chi connectivity index (χ0v) is 15.7. The van der Waals surface area contributed by atoms with Gasteiger partial charge in [0.2, 0.25) is 0 Å². The van der Waals surface area contributed by atoms with E-state index in [-0.39, 0.29) is 12.1 Å². The van der Waals surface area contributed by atoms with E-state index in [2.05, 4.69) is 0 Å². The number of hydrogen-bond donors (Lipinski definition) is 0. The first kappa shape index (κ1) is 17.0. The Kier molecular flexibility index (Phi) is 4.36. The van der Waals surface area contributed by atoms with Crippen LogP contribution in [0.25, 0.3) is 21.6 Å². The van der Waals surface area contributed by atoms with Crippen molar-refractivity contribution in [3.63, 3.8) is 0 Å². The third-order valence-electron chi connectivity index (χ3n) is 4.87. The Morgan fingerprint density at radius 2 is 2.12 bits per heavy atom. The van der Waals surface area contributed by atoms with Crippen molar-refractivity contribution in [2.45, 2.75) is 39.2 Å². The van der Waals surface area contributed by atoms with Gasteiger partial charge in [0.05, 0.1) is 12.5 Å². The average Bonchev–Trinajstić information content (AvgIpc) is 3.02. The summed E-state index contributed by atoms with van der Waals surface area (Å²) in [5, 5.41) is 0.685. The second kappa shape index (κ2) is 6.68. The fraction of sp³-hybridized carbons (Fsp3) is 0.350. The van der Waals surface area contributed by atoms with Crippen molar-refractivity contribution in [3.05, 3.63) is 50.6 Å². The van der Waals surface area contributed by atoms with Gasteiger partial charge in [-0.1, -0.05) is 23.8 Å². The van der Waals surface area contributed by atoms with Gasteiger partial charge >= 0.3 is 5.97 Å². The van der Waals surface area contributed by atoms with Gasteiger partial charge in [-0.2, -0.15) is 0 Å². The molecule has 3 aromatic rings. The van der Waals surface area contributed by atoms with Crippen molar-refractivity contribution >= 4 is 27.5 Å². The zero-order chi connectivity index (χ0) is 18.3. The van der Waals surface area contributed by atoms with Crippen LogP contribution in [0.5, 0.6) is 0 Å². The topological polar surface area (TPSA) is 61.2 Å². The first-order chi connectivity index (χ1) is 12.6. The Morgan fingerprint density at radius 3 is 2.88 bits per heavy atom. The zero-order valence-electron chi connectivity index (χ0n) is 14.9. The number of aromatic nitrogens is 2. The van der Waals surface area contributed by atoms with E-state index in [1.807, 2.05) is 31.2 Å². The number of aryl methyl sites for hydroxylation is 3. The standard InChI is InChI=1S/C20H20N2O3S/c1-12-6-5-7-13(10-12)18-21-19-17(14-8-3-4-9-15(14)26-19)20(24)22(18)11-16(23)25-2/h5-7,10H,3-4,8-9,11H2,1-2H3.